The highest BCUT2D eigenvalue weighted by Crippen LogP contribution is 2.18. The van der Waals surface area contributed by atoms with Gasteiger partial charge in [0.1, 0.15) is 0 Å². The maximum Gasteiger partial charge on any atom is 0.337 e. The molecule has 25 heavy (non-hydrogen) atoms. The molecule has 1 N–H and O–H groups in total. The summed E-state index contributed by atoms with van der Waals surface area (Å²) in [6.45, 7) is 2.51. The number of hydrogen-bond acceptors (Lipinski definition) is 4. The number of benzene rings is 2. The monoisotopic (exact) mass is 337 g/mol. The van der Waals surface area contributed by atoms with Crippen LogP contribution in [-0.2, 0) is 16.1 Å². The van der Waals surface area contributed by atoms with Crippen molar-refractivity contribution >= 4 is 28.5 Å². The quantitative estimate of drug-likeness (QED) is 0.726. The number of aromatic nitrogens is 2. The largest absolute Gasteiger partial charge is 0.465 e. The summed E-state index contributed by atoms with van der Waals surface area (Å²) in [6, 6.07) is 12.7. The number of carbonyl (C=O) groups excluding carboxylic acids is 2. The van der Waals surface area contributed by atoms with Crippen molar-refractivity contribution in [1.82, 2.24) is 9.78 Å². The highest BCUT2D eigenvalue weighted by Gasteiger charge is 2.10. The van der Waals surface area contributed by atoms with E-state index in [2.05, 4.69) is 15.2 Å². The van der Waals surface area contributed by atoms with E-state index in [0.717, 1.165) is 16.5 Å². The minimum Gasteiger partial charge on any atom is -0.465 e. The van der Waals surface area contributed by atoms with Gasteiger partial charge in [0.2, 0.25) is 5.91 Å². The Morgan fingerprint density at radius 3 is 2.80 bits per heavy atom. The van der Waals surface area contributed by atoms with E-state index in [-0.39, 0.29) is 12.3 Å². The van der Waals surface area contributed by atoms with E-state index in [9.17, 15) is 9.59 Å². The topological polar surface area (TPSA) is 73.2 Å². The van der Waals surface area contributed by atoms with Crippen LogP contribution in [-0.4, -0.2) is 28.8 Å². The normalized spacial score (nSPS) is 10.6. The Morgan fingerprint density at radius 2 is 2.00 bits per heavy atom. The van der Waals surface area contributed by atoms with E-state index < -0.39 is 5.97 Å². The van der Waals surface area contributed by atoms with Crippen molar-refractivity contribution < 1.29 is 14.3 Å². The first-order valence-electron chi connectivity index (χ1n) is 7.98. The first kappa shape index (κ1) is 16.7. The molecule has 1 heterocycles. The molecule has 0 radical (unpaired) electrons. The van der Waals surface area contributed by atoms with Crippen molar-refractivity contribution in [2.24, 2.45) is 0 Å². The van der Waals surface area contributed by atoms with E-state index in [1.54, 1.807) is 30.5 Å². The number of anilines is 1. The summed E-state index contributed by atoms with van der Waals surface area (Å²) in [5.41, 5.74) is 3.13. The minimum absolute atomic E-state index is 0.140. The summed E-state index contributed by atoms with van der Waals surface area (Å²) in [7, 11) is 1.32. The van der Waals surface area contributed by atoms with Gasteiger partial charge in [-0.05, 0) is 30.7 Å². The molecule has 0 unspecified atom stereocenters. The van der Waals surface area contributed by atoms with Crippen LogP contribution < -0.4 is 5.32 Å². The van der Waals surface area contributed by atoms with Gasteiger partial charge in [-0.25, -0.2) is 4.79 Å². The number of methoxy groups -OCH3 is 1. The third-order valence-corrected chi connectivity index (χ3v) is 3.98. The molecule has 1 amide bonds. The lowest BCUT2D eigenvalue weighted by molar-refractivity contribution is -0.116. The first-order valence-corrected chi connectivity index (χ1v) is 7.98. The van der Waals surface area contributed by atoms with Gasteiger partial charge in [0.25, 0.3) is 0 Å². The predicted octanol–water partition coefficient (Wildman–Crippen LogP) is 3.16. The Kier molecular flexibility index (Phi) is 4.79. The van der Waals surface area contributed by atoms with Gasteiger partial charge in [-0.1, -0.05) is 24.3 Å². The van der Waals surface area contributed by atoms with Crippen LogP contribution in [0.25, 0.3) is 10.9 Å². The lowest BCUT2D eigenvalue weighted by Crippen LogP contribution is -2.15. The lowest BCUT2D eigenvalue weighted by atomic mass is 10.2. The zero-order valence-corrected chi connectivity index (χ0v) is 14.2. The number of nitrogens with one attached hydrogen (secondary N) is 1. The van der Waals surface area contributed by atoms with Gasteiger partial charge in [-0.3, -0.25) is 9.48 Å². The van der Waals surface area contributed by atoms with E-state index in [0.29, 0.717) is 17.8 Å². The first-order chi connectivity index (χ1) is 12.1. The van der Waals surface area contributed by atoms with Gasteiger partial charge < -0.3 is 10.1 Å². The molecule has 0 aliphatic carbocycles. The number of rotatable bonds is 5. The molecule has 3 aromatic rings. The Balaban J connectivity index is 1.66. The zero-order valence-electron chi connectivity index (χ0n) is 14.2. The van der Waals surface area contributed by atoms with Crippen LogP contribution in [0, 0.1) is 6.92 Å². The van der Waals surface area contributed by atoms with Gasteiger partial charge >= 0.3 is 5.97 Å². The number of hydrogen-bond donors (Lipinski definition) is 1. The highest BCUT2D eigenvalue weighted by molar-refractivity contribution is 5.94. The molecule has 6 nitrogen and oxygen atoms in total. The Morgan fingerprint density at radius 1 is 1.20 bits per heavy atom. The van der Waals surface area contributed by atoms with Crippen molar-refractivity contribution in [3.05, 3.63) is 59.8 Å². The molecule has 0 saturated heterocycles. The molecule has 0 bridgehead atoms. The average Bonchev–Trinajstić information content (AvgIpc) is 3.04. The molecule has 128 valence electrons. The summed E-state index contributed by atoms with van der Waals surface area (Å²) < 4.78 is 6.52. The van der Waals surface area contributed by atoms with Crippen LogP contribution in [0.3, 0.4) is 0 Å². The molecule has 0 fully saturated rings. The number of ether oxygens (including phenoxy) is 1. The molecule has 0 spiro atoms. The van der Waals surface area contributed by atoms with Crippen molar-refractivity contribution in [3.63, 3.8) is 0 Å². The molecule has 3 rings (SSSR count). The molecule has 6 heteroatoms. The minimum atomic E-state index is -0.436. The maximum atomic E-state index is 12.2. The third kappa shape index (κ3) is 3.68. The smallest absolute Gasteiger partial charge is 0.337 e. The summed E-state index contributed by atoms with van der Waals surface area (Å²) in [6.07, 6.45) is 2.09. The highest BCUT2D eigenvalue weighted by atomic mass is 16.5. The van der Waals surface area contributed by atoms with Crippen LogP contribution in [0.1, 0.15) is 22.3 Å². The van der Waals surface area contributed by atoms with Crippen LogP contribution in [0.5, 0.6) is 0 Å². The van der Waals surface area contributed by atoms with Crippen molar-refractivity contribution in [1.29, 1.82) is 0 Å². The number of para-hydroxylation sites is 1. The number of carbonyl (C=O) groups is 2. The maximum absolute atomic E-state index is 12.2. The Labute approximate surface area is 145 Å². The van der Waals surface area contributed by atoms with E-state index in [1.807, 2.05) is 29.8 Å². The number of nitrogens with zero attached hydrogens (tertiary/aromatic N) is 2. The SMILES string of the molecule is COC(=O)c1cccc(NC(=O)CCn2ncc3cccc(C)c32)c1. The van der Waals surface area contributed by atoms with Gasteiger partial charge in [-0.2, -0.15) is 5.10 Å². The molecule has 0 saturated carbocycles. The van der Waals surface area contributed by atoms with Crippen LogP contribution in [0.2, 0.25) is 0 Å². The zero-order chi connectivity index (χ0) is 17.8. The van der Waals surface area contributed by atoms with Crippen LogP contribution in [0.4, 0.5) is 5.69 Å². The van der Waals surface area contributed by atoms with Gasteiger partial charge in [0.15, 0.2) is 0 Å². The fraction of sp³-hybridized carbons (Fsp3) is 0.211. The molecular formula is C19H19N3O3. The summed E-state index contributed by atoms with van der Waals surface area (Å²) in [4.78, 5) is 23.8. The average molecular weight is 337 g/mol. The second kappa shape index (κ2) is 7.17. The van der Waals surface area contributed by atoms with E-state index >= 15 is 0 Å². The van der Waals surface area contributed by atoms with Gasteiger partial charge in [-0.15, -0.1) is 0 Å². The fourth-order valence-electron chi connectivity index (χ4n) is 2.77. The lowest BCUT2D eigenvalue weighted by Gasteiger charge is -2.08. The molecule has 0 atom stereocenters. The number of esters is 1. The second-order valence-electron chi connectivity index (χ2n) is 5.75. The standard InChI is InChI=1S/C19H19N3O3/c1-13-5-3-7-15-12-20-22(18(13)15)10-9-17(23)21-16-8-4-6-14(11-16)19(24)25-2/h3-8,11-12H,9-10H2,1-2H3,(H,21,23). The number of fused-ring (bicyclic) bond motifs is 1. The van der Waals surface area contributed by atoms with Gasteiger partial charge in [0, 0.05) is 17.5 Å². The molecule has 2 aromatic carbocycles. The molecule has 0 aliphatic heterocycles. The van der Waals surface area contributed by atoms with E-state index in [4.69, 9.17) is 0 Å². The van der Waals surface area contributed by atoms with Gasteiger partial charge in [0.05, 0.1) is 30.9 Å². The molecule has 0 aliphatic rings. The summed E-state index contributed by atoms with van der Waals surface area (Å²) in [5.74, 6) is -0.575. The second-order valence-corrected chi connectivity index (χ2v) is 5.75. The number of amides is 1. The molecular weight excluding hydrogens is 318 g/mol. The van der Waals surface area contributed by atoms with Crippen molar-refractivity contribution in [3.8, 4) is 0 Å². The fourth-order valence-corrected chi connectivity index (χ4v) is 2.77. The van der Waals surface area contributed by atoms with Crippen LogP contribution in [0.15, 0.2) is 48.7 Å². The van der Waals surface area contributed by atoms with Crippen molar-refractivity contribution in [2.75, 3.05) is 12.4 Å². The summed E-state index contributed by atoms with van der Waals surface area (Å²) >= 11 is 0. The number of aryl methyl sites for hydroxylation is 2. The van der Waals surface area contributed by atoms with Crippen molar-refractivity contribution in [2.45, 2.75) is 19.9 Å². The van der Waals surface area contributed by atoms with E-state index in [1.165, 1.54) is 7.11 Å². The third-order valence-electron chi connectivity index (χ3n) is 3.98. The Bertz CT molecular complexity index is 931. The van der Waals surface area contributed by atoms with Crippen LogP contribution >= 0.6 is 0 Å². The predicted molar refractivity (Wildman–Crippen MR) is 95.5 cm³/mol. The molecule has 1 aromatic heterocycles. The summed E-state index contributed by atoms with van der Waals surface area (Å²) in [5, 5.41) is 8.22. The Hall–Kier alpha value is -3.15.